The van der Waals surface area contributed by atoms with Crippen LogP contribution in [0.4, 0.5) is 11.4 Å². The Labute approximate surface area is 144 Å². The summed E-state index contributed by atoms with van der Waals surface area (Å²) >= 11 is 0. The van der Waals surface area contributed by atoms with Gasteiger partial charge in [-0.2, -0.15) is 0 Å². The summed E-state index contributed by atoms with van der Waals surface area (Å²) in [6.45, 7) is 0.542. The van der Waals surface area contributed by atoms with Crippen molar-refractivity contribution in [3.05, 3.63) is 58.1 Å². The molecule has 0 atom stereocenters. The minimum atomic E-state index is -0.505. The molecule has 0 saturated carbocycles. The number of nitro benzene ring substituents is 1. The van der Waals surface area contributed by atoms with E-state index in [1.807, 2.05) is 12.1 Å². The van der Waals surface area contributed by atoms with Crippen LogP contribution in [0.1, 0.15) is 10.4 Å². The van der Waals surface area contributed by atoms with Gasteiger partial charge in [-0.3, -0.25) is 14.9 Å². The van der Waals surface area contributed by atoms with E-state index in [2.05, 4.69) is 10.6 Å². The lowest BCUT2D eigenvalue weighted by molar-refractivity contribution is -0.383. The van der Waals surface area contributed by atoms with Gasteiger partial charge < -0.3 is 20.1 Å². The maximum absolute atomic E-state index is 12.1. The Morgan fingerprint density at radius 3 is 2.56 bits per heavy atom. The van der Waals surface area contributed by atoms with Gasteiger partial charge in [0.1, 0.15) is 12.3 Å². The Morgan fingerprint density at radius 2 is 1.92 bits per heavy atom. The lowest BCUT2D eigenvalue weighted by Gasteiger charge is -2.11. The lowest BCUT2D eigenvalue weighted by Crippen LogP contribution is -2.28. The highest BCUT2D eigenvalue weighted by molar-refractivity contribution is 5.95. The number of ether oxygens (including phenoxy) is 2. The molecule has 8 heteroatoms. The Hall–Kier alpha value is -3.29. The molecule has 25 heavy (non-hydrogen) atoms. The fourth-order valence-electron chi connectivity index (χ4n) is 2.20. The van der Waals surface area contributed by atoms with Crippen LogP contribution in [-0.4, -0.2) is 38.1 Å². The van der Waals surface area contributed by atoms with Gasteiger partial charge in [0, 0.05) is 18.7 Å². The van der Waals surface area contributed by atoms with Gasteiger partial charge in [0.15, 0.2) is 11.5 Å². The zero-order chi connectivity index (χ0) is 18.2. The molecule has 0 aliphatic heterocycles. The third kappa shape index (κ3) is 4.60. The van der Waals surface area contributed by atoms with Gasteiger partial charge in [0.05, 0.1) is 18.6 Å². The number of nitrogens with one attached hydrogen (secondary N) is 2. The van der Waals surface area contributed by atoms with Gasteiger partial charge >= 0.3 is 0 Å². The number of carbonyl (C=O) groups excluding carboxylic acids is 1. The molecule has 0 fully saturated rings. The molecule has 0 saturated heterocycles. The fraction of sp³-hybridized carbons (Fsp3) is 0.235. The zero-order valence-corrected chi connectivity index (χ0v) is 13.9. The van der Waals surface area contributed by atoms with Crippen LogP contribution in [0.3, 0.4) is 0 Å². The molecule has 0 aromatic heterocycles. The topological polar surface area (TPSA) is 103 Å². The summed E-state index contributed by atoms with van der Waals surface area (Å²) in [5.74, 6) is 0.866. The molecule has 0 spiro atoms. The number of amides is 1. The van der Waals surface area contributed by atoms with Crippen molar-refractivity contribution in [2.75, 3.05) is 32.6 Å². The molecule has 0 aliphatic carbocycles. The largest absolute Gasteiger partial charge is 0.493 e. The minimum absolute atomic E-state index is 0.0847. The van der Waals surface area contributed by atoms with Crippen molar-refractivity contribution in [2.24, 2.45) is 0 Å². The van der Waals surface area contributed by atoms with Crippen molar-refractivity contribution in [2.45, 2.75) is 0 Å². The summed E-state index contributed by atoms with van der Waals surface area (Å²) in [5, 5.41) is 16.3. The van der Waals surface area contributed by atoms with Gasteiger partial charge in [0.25, 0.3) is 11.6 Å². The maximum atomic E-state index is 12.1. The maximum Gasteiger partial charge on any atom is 0.292 e. The first kappa shape index (κ1) is 18.1. The average Bonchev–Trinajstić information content (AvgIpc) is 2.64. The number of rotatable bonds is 8. The first-order chi connectivity index (χ1) is 12.1. The Morgan fingerprint density at radius 1 is 1.20 bits per heavy atom. The molecular formula is C17H19N3O5. The molecule has 1 amide bonds. The van der Waals surface area contributed by atoms with Crippen LogP contribution < -0.4 is 20.1 Å². The Balaban J connectivity index is 1.91. The van der Waals surface area contributed by atoms with Crippen molar-refractivity contribution in [1.82, 2.24) is 5.32 Å². The number of benzene rings is 2. The van der Waals surface area contributed by atoms with Gasteiger partial charge in [-0.15, -0.1) is 0 Å². The van der Waals surface area contributed by atoms with Crippen molar-refractivity contribution >= 4 is 17.3 Å². The second kappa shape index (κ2) is 8.53. The number of anilines is 1. The number of carbonyl (C=O) groups is 1. The van der Waals surface area contributed by atoms with E-state index in [9.17, 15) is 14.9 Å². The number of para-hydroxylation sites is 2. The summed E-state index contributed by atoms with van der Waals surface area (Å²) in [5.41, 5.74) is 0.522. The second-order valence-corrected chi connectivity index (χ2v) is 4.99. The Kier molecular flexibility index (Phi) is 6.16. The molecule has 132 valence electrons. The zero-order valence-electron chi connectivity index (χ0n) is 13.9. The predicted octanol–water partition coefficient (Wildman–Crippen LogP) is 2.45. The predicted molar refractivity (Wildman–Crippen MR) is 93.5 cm³/mol. The lowest BCUT2D eigenvalue weighted by atomic mass is 10.1. The molecule has 2 rings (SSSR count). The van der Waals surface area contributed by atoms with Gasteiger partial charge in [-0.25, -0.2) is 0 Å². The summed E-state index contributed by atoms with van der Waals surface area (Å²) in [7, 11) is 3.11. The van der Waals surface area contributed by atoms with Crippen molar-refractivity contribution in [3.8, 4) is 11.5 Å². The molecule has 0 unspecified atom stereocenters. The third-order valence-electron chi connectivity index (χ3n) is 3.44. The summed E-state index contributed by atoms with van der Waals surface area (Å²) < 4.78 is 10.7. The fourth-order valence-corrected chi connectivity index (χ4v) is 2.20. The number of nitrogens with zero attached hydrogens (tertiary/aromatic N) is 1. The second-order valence-electron chi connectivity index (χ2n) is 4.99. The first-order valence-electron chi connectivity index (χ1n) is 7.57. The van der Waals surface area contributed by atoms with E-state index in [1.54, 1.807) is 26.3 Å². The molecule has 0 aliphatic rings. The van der Waals surface area contributed by atoms with Crippen LogP contribution in [-0.2, 0) is 0 Å². The van der Waals surface area contributed by atoms with E-state index in [1.165, 1.54) is 18.2 Å². The molecule has 2 N–H and O–H groups in total. The summed E-state index contributed by atoms with van der Waals surface area (Å²) in [4.78, 5) is 22.5. The van der Waals surface area contributed by atoms with Crippen LogP contribution in [0.2, 0.25) is 0 Å². The van der Waals surface area contributed by atoms with E-state index in [-0.39, 0.29) is 30.4 Å². The molecular weight excluding hydrogens is 326 g/mol. The Bertz CT molecular complexity index is 764. The summed E-state index contributed by atoms with van der Waals surface area (Å²) in [6, 6.07) is 11.4. The SMILES string of the molecule is CNc1cc(C(=O)NCCOc2ccccc2OC)ccc1[N+](=O)[O-]. The highest BCUT2D eigenvalue weighted by Gasteiger charge is 2.15. The molecule has 0 heterocycles. The highest BCUT2D eigenvalue weighted by atomic mass is 16.6. The first-order valence-corrected chi connectivity index (χ1v) is 7.57. The number of nitro groups is 1. The average molecular weight is 345 g/mol. The molecule has 2 aromatic rings. The van der Waals surface area contributed by atoms with E-state index in [0.717, 1.165) is 0 Å². The van der Waals surface area contributed by atoms with E-state index < -0.39 is 4.92 Å². The van der Waals surface area contributed by atoms with E-state index in [0.29, 0.717) is 17.1 Å². The third-order valence-corrected chi connectivity index (χ3v) is 3.44. The summed E-state index contributed by atoms with van der Waals surface area (Å²) in [6.07, 6.45) is 0. The standard InChI is InChI=1S/C17H19N3O5/c1-18-13-11-12(7-8-14(13)20(22)23)17(21)19-9-10-25-16-6-4-3-5-15(16)24-2/h3-8,11,18H,9-10H2,1-2H3,(H,19,21). The van der Waals surface area contributed by atoms with Crippen molar-refractivity contribution in [3.63, 3.8) is 0 Å². The number of hydrogen-bond acceptors (Lipinski definition) is 6. The van der Waals surface area contributed by atoms with Gasteiger partial charge in [-0.1, -0.05) is 12.1 Å². The van der Waals surface area contributed by atoms with E-state index in [4.69, 9.17) is 9.47 Å². The van der Waals surface area contributed by atoms with Crippen LogP contribution in [0.15, 0.2) is 42.5 Å². The normalized spacial score (nSPS) is 10.0. The number of methoxy groups -OCH3 is 1. The van der Waals surface area contributed by atoms with Crippen molar-refractivity contribution < 1.29 is 19.2 Å². The minimum Gasteiger partial charge on any atom is -0.493 e. The van der Waals surface area contributed by atoms with Gasteiger partial charge in [-0.05, 0) is 24.3 Å². The molecule has 0 bridgehead atoms. The van der Waals surface area contributed by atoms with Gasteiger partial charge in [0.2, 0.25) is 0 Å². The van der Waals surface area contributed by atoms with Crippen LogP contribution in [0, 0.1) is 10.1 Å². The van der Waals surface area contributed by atoms with Crippen LogP contribution in [0.25, 0.3) is 0 Å². The molecule has 0 radical (unpaired) electrons. The van der Waals surface area contributed by atoms with Crippen LogP contribution >= 0.6 is 0 Å². The number of hydrogen-bond donors (Lipinski definition) is 2. The molecule has 8 nitrogen and oxygen atoms in total. The van der Waals surface area contributed by atoms with Crippen LogP contribution in [0.5, 0.6) is 11.5 Å². The van der Waals surface area contributed by atoms with Crippen molar-refractivity contribution in [1.29, 1.82) is 0 Å². The quantitative estimate of drug-likeness (QED) is 0.433. The monoisotopic (exact) mass is 345 g/mol. The smallest absolute Gasteiger partial charge is 0.292 e. The highest BCUT2D eigenvalue weighted by Crippen LogP contribution is 2.26. The van der Waals surface area contributed by atoms with E-state index >= 15 is 0 Å². The molecule has 2 aromatic carbocycles.